The highest BCUT2D eigenvalue weighted by Gasteiger charge is 2.12. The summed E-state index contributed by atoms with van der Waals surface area (Å²) in [6.45, 7) is 4.57. The summed E-state index contributed by atoms with van der Waals surface area (Å²) in [5.74, 6) is 0. The van der Waals surface area contributed by atoms with Gasteiger partial charge in [0.2, 0.25) is 0 Å². The summed E-state index contributed by atoms with van der Waals surface area (Å²) in [6.07, 6.45) is 2.44. The highest BCUT2D eigenvalue weighted by Crippen LogP contribution is 2.27. The van der Waals surface area contributed by atoms with Gasteiger partial charge in [0, 0.05) is 29.2 Å². The Hall–Kier alpha value is -1.32. The van der Waals surface area contributed by atoms with Crippen LogP contribution in [0.1, 0.15) is 31.1 Å². The zero-order chi connectivity index (χ0) is 12.4. The molecule has 0 saturated carbocycles. The Morgan fingerprint density at radius 1 is 1.35 bits per heavy atom. The van der Waals surface area contributed by atoms with Crippen LogP contribution in [0.3, 0.4) is 0 Å². The predicted octanol–water partition coefficient (Wildman–Crippen LogP) is 2.25. The summed E-state index contributed by atoms with van der Waals surface area (Å²) in [7, 11) is 0. The summed E-state index contributed by atoms with van der Waals surface area (Å²) in [6, 6.07) is 6.29. The van der Waals surface area contributed by atoms with Gasteiger partial charge in [0.15, 0.2) is 0 Å². The van der Waals surface area contributed by atoms with Gasteiger partial charge in [-0.3, -0.25) is 0 Å². The third-order valence-corrected chi connectivity index (χ3v) is 3.18. The molecule has 1 aromatic heterocycles. The van der Waals surface area contributed by atoms with E-state index in [1.807, 2.05) is 10.8 Å². The predicted molar refractivity (Wildman–Crippen MR) is 69.0 cm³/mol. The van der Waals surface area contributed by atoms with Crippen molar-refractivity contribution in [1.82, 2.24) is 4.57 Å². The number of aryl methyl sites for hydroxylation is 1. The summed E-state index contributed by atoms with van der Waals surface area (Å²) in [5.41, 5.74) is 3.28. The maximum Gasteiger partial charge on any atom is 0.0782 e. The van der Waals surface area contributed by atoms with Crippen molar-refractivity contribution in [3.63, 3.8) is 0 Å². The Kier molecular flexibility index (Phi) is 3.50. The molecule has 3 nitrogen and oxygen atoms in total. The monoisotopic (exact) mass is 233 g/mol. The van der Waals surface area contributed by atoms with Crippen LogP contribution < -0.4 is 0 Å². The highest BCUT2D eigenvalue weighted by atomic mass is 16.3. The van der Waals surface area contributed by atoms with Gasteiger partial charge in [-0.15, -0.1) is 0 Å². The molecule has 0 aliphatic carbocycles. The summed E-state index contributed by atoms with van der Waals surface area (Å²) in [5, 5.41) is 19.9. The molecule has 2 aromatic rings. The molecule has 0 aliphatic rings. The number of aliphatic hydroxyl groups excluding tert-OH is 2. The van der Waals surface area contributed by atoms with Crippen LogP contribution in [0, 0.1) is 0 Å². The lowest BCUT2D eigenvalue weighted by Gasteiger charge is -2.03. The molecule has 0 spiro atoms. The van der Waals surface area contributed by atoms with E-state index in [-0.39, 0.29) is 6.61 Å². The van der Waals surface area contributed by atoms with Gasteiger partial charge in [-0.05, 0) is 31.0 Å². The summed E-state index contributed by atoms with van der Waals surface area (Å²) < 4.78 is 2.00. The standard InChI is InChI=1S/C14H19NO2/c1-3-11-4-5-14-12(8-11)13(10(2)17)9-15(14)6-7-16/h4-5,8-10,16-17H,3,6-7H2,1-2H3. The van der Waals surface area contributed by atoms with Crippen LogP contribution in [-0.4, -0.2) is 21.4 Å². The van der Waals surface area contributed by atoms with Crippen molar-refractivity contribution in [3.8, 4) is 0 Å². The molecule has 0 fully saturated rings. The second-order valence-corrected chi connectivity index (χ2v) is 4.38. The molecule has 0 aliphatic heterocycles. The van der Waals surface area contributed by atoms with Gasteiger partial charge in [-0.2, -0.15) is 0 Å². The van der Waals surface area contributed by atoms with Crippen molar-refractivity contribution in [2.75, 3.05) is 6.61 Å². The minimum Gasteiger partial charge on any atom is -0.395 e. The fourth-order valence-corrected chi connectivity index (χ4v) is 2.22. The number of nitrogens with zero attached hydrogens (tertiary/aromatic N) is 1. The first kappa shape index (κ1) is 12.1. The van der Waals surface area contributed by atoms with E-state index in [4.69, 9.17) is 5.11 Å². The van der Waals surface area contributed by atoms with Crippen molar-refractivity contribution < 1.29 is 10.2 Å². The second-order valence-electron chi connectivity index (χ2n) is 4.38. The fourth-order valence-electron chi connectivity index (χ4n) is 2.22. The number of rotatable bonds is 4. The Bertz CT molecular complexity index is 514. The van der Waals surface area contributed by atoms with Gasteiger partial charge in [-0.25, -0.2) is 0 Å². The molecular formula is C14H19NO2. The molecule has 17 heavy (non-hydrogen) atoms. The Labute approximate surface area is 101 Å². The van der Waals surface area contributed by atoms with E-state index in [0.29, 0.717) is 6.54 Å². The third kappa shape index (κ3) is 2.21. The lowest BCUT2D eigenvalue weighted by atomic mass is 10.1. The van der Waals surface area contributed by atoms with E-state index in [2.05, 4.69) is 25.1 Å². The van der Waals surface area contributed by atoms with E-state index >= 15 is 0 Å². The molecule has 0 bridgehead atoms. The van der Waals surface area contributed by atoms with E-state index in [0.717, 1.165) is 22.9 Å². The number of aromatic nitrogens is 1. The number of benzene rings is 1. The topological polar surface area (TPSA) is 45.4 Å². The van der Waals surface area contributed by atoms with Crippen LogP contribution >= 0.6 is 0 Å². The number of fused-ring (bicyclic) bond motifs is 1. The van der Waals surface area contributed by atoms with E-state index < -0.39 is 6.10 Å². The molecule has 1 heterocycles. The molecule has 0 amide bonds. The Morgan fingerprint density at radius 2 is 2.12 bits per heavy atom. The normalized spacial score (nSPS) is 13.2. The zero-order valence-corrected chi connectivity index (χ0v) is 10.3. The Balaban J connectivity index is 2.63. The van der Waals surface area contributed by atoms with Gasteiger partial charge in [0.05, 0.1) is 12.7 Å². The number of aliphatic hydroxyl groups is 2. The number of hydrogen-bond acceptors (Lipinski definition) is 2. The molecule has 92 valence electrons. The minimum atomic E-state index is -0.482. The van der Waals surface area contributed by atoms with Crippen molar-refractivity contribution in [3.05, 3.63) is 35.5 Å². The van der Waals surface area contributed by atoms with Crippen LogP contribution in [0.15, 0.2) is 24.4 Å². The third-order valence-electron chi connectivity index (χ3n) is 3.18. The van der Waals surface area contributed by atoms with Crippen molar-refractivity contribution in [2.45, 2.75) is 32.9 Å². The van der Waals surface area contributed by atoms with Crippen molar-refractivity contribution in [1.29, 1.82) is 0 Å². The average molecular weight is 233 g/mol. The van der Waals surface area contributed by atoms with Crippen molar-refractivity contribution in [2.24, 2.45) is 0 Å². The Morgan fingerprint density at radius 3 is 2.71 bits per heavy atom. The number of hydrogen-bond donors (Lipinski definition) is 2. The summed E-state index contributed by atoms with van der Waals surface area (Å²) in [4.78, 5) is 0. The molecule has 2 N–H and O–H groups in total. The lowest BCUT2D eigenvalue weighted by Crippen LogP contribution is -2.00. The minimum absolute atomic E-state index is 0.110. The van der Waals surface area contributed by atoms with Gasteiger partial charge >= 0.3 is 0 Å². The first-order valence-electron chi connectivity index (χ1n) is 6.08. The molecule has 1 aromatic carbocycles. The van der Waals surface area contributed by atoms with Crippen LogP contribution in [-0.2, 0) is 13.0 Å². The summed E-state index contributed by atoms with van der Waals surface area (Å²) >= 11 is 0. The average Bonchev–Trinajstić information content (AvgIpc) is 2.68. The van der Waals surface area contributed by atoms with Gasteiger partial charge in [0.1, 0.15) is 0 Å². The lowest BCUT2D eigenvalue weighted by molar-refractivity contribution is 0.200. The molecule has 0 saturated heterocycles. The van der Waals surface area contributed by atoms with Crippen LogP contribution in [0.5, 0.6) is 0 Å². The van der Waals surface area contributed by atoms with E-state index in [9.17, 15) is 5.11 Å². The van der Waals surface area contributed by atoms with Gasteiger partial charge < -0.3 is 14.8 Å². The largest absolute Gasteiger partial charge is 0.395 e. The highest BCUT2D eigenvalue weighted by molar-refractivity contribution is 5.85. The van der Waals surface area contributed by atoms with E-state index in [1.54, 1.807) is 6.92 Å². The molecular weight excluding hydrogens is 214 g/mol. The second kappa shape index (κ2) is 4.90. The first-order valence-corrected chi connectivity index (χ1v) is 6.08. The quantitative estimate of drug-likeness (QED) is 0.850. The van der Waals surface area contributed by atoms with Gasteiger partial charge in [-0.1, -0.05) is 13.0 Å². The zero-order valence-electron chi connectivity index (χ0n) is 10.3. The van der Waals surface area contributed by atoms with Gasteiger partial charge in [0.25, 0.3) is 0 Å². The van der Waals surface area contributed by atoms with E-state index in [1.165, 1.54) is 5.56 Å². The smallest absolute Gasteiger partial charge is 0.0782 e. The maximum atomic E-state index is 9.79. The molecule has 0 radical (unpaired) electrons. The molecule has 1 unspecified atom stereocenters. The fraction of sp³-hybridized carbons (Fsp3) is 0.429. The SMILES string of the molecule is CCc1ccc2c(c1)c(C(C)O)cn2CCO. The molecule has 2 rings (SSSR count). The maximum absolute atomic E-state index is 9.79. The van der Waals surface area contributed by atoms with Crippen LogP contribution in [0.25, 0.3) is 10.9 Å². The van der Waals surface area contributed by atoms with Crippen LogP contribution in [0.2, 0.25) is 0 Å². The first-order chi connectivity index (χ1) is 8.17. The molecule has 3 heteroatoms. The van der Waals surface area contributed by atoms with Crippen molar-refractivity contribution >= 4 is 10.9 Å². The molecule has 1 atom stereocenters. The van der Waals surface area contributed by atoms with Crippen LogP contribution in [0.4, 0.5) is 0 Å².